The number of para-hydroxylation sites is 1. The van der Waals surface area contributed by atoms with Gasteiger partial charge in [-0.2, -0.15) is 11.8 Å². The third kappa shape index (κ3) is 2.77. The molecule has 2 fully saturated rings. The summed E-state index contributed by atoms with van der Waals surface area (Å²) in [7, 11) is 1.77. The van der Waals surface area contributed by atoms with Crippen LogP contribution in [-0.4, -0.2) is 30.7 Å². The SMILES string of the molecule is COc1ccccc1C1CC(NCC2(SC)CC2)C1. The molecule has 0 atom stereocenters. The minimum Gasteiger partial charge on any atom is -0.496 e. The van der Waals surface area contributed by atoms with E-state index in [1.54, 1.807) is 7.11 Å². The highest BCUT2D eigenvalue weighted by Crippen LogP contribution is 2.47. The van der Waals surface area contributed by atoms with E-state index in [0.29, 0.717) is 16.7 Å². The van der Waals surface area contributed by atoms with Crippen LogP contribution in [-0.2, 0) is 0 Å². The van der Waals surface area contributed by atoms with Crippen LogP contribution in [0.4, 0.5) is 0 Å². The Morgan fingerprint density at radius 2 is 2.05 bits per heavy atom. The summed E-state index contributed by atoms with van der Waals surface area (Å²) in [5.74, 6) is 1.73. The zero-order valence-electron chi connectivity index (χ0n) is 11.8. The van der Waals surface area contributed by atoms with Gasteiger partial charge in [-0.25, -0.2) is 0 Å². The van der Waals surface area contributed by atoms with Crippen LogP contribution in [0, 0.1) is 0 Å². The van der Waals surface area contributed by atoms with Crippen LogP contribution < -0.4 is 10.1 Å². The number of methoxy groups -OCH3 is 1. The lowest BCUT2D eigenvalue weighted by Gasteiger charge is -2.37. The Morgan fingerprint density at radius 1 is 1.32 bits per heavy atom. The molecule has 3 rings (SSSR count). The molecule has 2 aliphatic carbocycles. The zero-order chi connectivity index (χ0) is 13.3. The summed E-state index contributed by atoms with van der Waals surface area (Å²) in [6.45, 7) is 1.19. The molecule has 0 radical (unpaired) electrons. The largest absolute Gasteiger partial charge is 0.496 e. The lowest BCUT2D eigenvalue weighted by molar-refractivity contribution is 0.283. The molecule has 0 heterocycles. The smallest absolute Gasteiger partial charge is 0.122 e. The molecule has 0 spiro atoms. The minimum atomic E-state index is 0.579. The van der Waals surface area contributed by atoms with Crippen molar-refractivity contribution in [3.05, 3.63) is 29.8 Å². The van der Waals surface area contributed by atoms with Crippen LogP contribution in [0.1, 0.15) is 37.2 Å². The maximum absolute atomic E-state index is 5.46. The summed E-state index contributed by atoms with van der Waals surface area (Å²) < 4.78 is 6.03. The molecular formula is C16H23NOS. The van der Waals surface area contributed by atoms with E-state index in [9.17, 15) is 0 Å². The fraction of sp³-hybridized carbons (Fsp3) is 0.625. The van der Waals surface area contributed by atoms with Gasteiger partial charge >= 0.3 is 0 Å². The topological polar surface area (TPSA) is 21.3 Å². The van der Waals surface area contributed by atoms with Gasteiger partial charge in [0.2, 0.25) is 0 Å². The molecule has 19 heavy (non-hydrogen) atoms. The van der Waals surface area contributed by atoms with E-state index in [0.717, 1.165) is 5.75 Å². The van der Waals surface area contributed by atoms with E-state index in [1.165, 1.54) is 37.8 Å². The lowest BCUT2D eigenvalue weighted by Crippen LogP contribution is -2.43. The molecule has 0 bridgehead atoms. The molecule has 0 saturated heterocycles. The van der Waals surface area contributed by atoms with E-state index in [-0.39, 0.29) is 0 Å². The van der Waals surface area contributed by atoms with Gasteiger partial charge < -0.3 is 10.1 Å². The monoisotopic (exact) mass is 277 g/mol. The molecule has 1 aromatic carbocycles. The third-order valence-electron chi connectivity index (χ3n) is 4.67. The predicted octanol–water partition coefficient (Wildman–Crippen LogP) is 3.43. The van der Waals surface area contributed by atoms with Crippen molar-refractivity contribution in [1.29, 1.82) is 0 Å². The fourth-order valence-electron chi connectivity index (χ4n) is 2.96. The molecule has 0 aromatic heterocycles. The Bertz CT molecular complexity index is 438. The lowest BCUT2D eigenvalue weighted by atomic mass is 9.75. The standard InChI is InChI=1S/C16H23NOS/c1-18-15-6-4-3-5-14(15)12-9-13(10-12)17-11-16(19-2)7-8-16/h3-6,12-13,17H,7-11H2,1-2H3. The second kappa shape index (κ2) is 5.37. The van der Waals surface area contributed by atoms with Gasteiger partial charge in [-0.05, 0) is 49.5 Å². The van der Waals surface area contributed by atoms with E-state index < -0.39 is 0 Å². The Morgan fingerprint density at radius 3 is 2.68 bits per heavy atom. The highest BCUT2D eigenvalue weighted by molar-refractivity contribution is 8.00. The fourth-order valence-corrected chi connectivity index (χ4v) is 3.70. The highest BCUT2D eigenvalue weighted by atomic mass is 32.2. The normalized spacial score (nSPS) is 27.7. The van der Waals surface area contributed by atoms with Crippen LogP contribution in [0.25, 0.3) is 0 Å². The van der Waals surface area contributed by atoms with Gasteiger partial charge in [0.1, 0.15) is 5.75 Å². The molecule has 104 valence electrons. The second-order valence-corrected chi connectivity index (χ2v) is 7.15. The second-order valence-electron chi connectivity index (χ2n) is 5.88. The van der Waals surface area contributed by atoms with E-state index >= 15 is 0 Å². The Kier molecular flexibility index (Phi) is 3.77. The number of nitrogens with one attached hydrogen (secondary N) is 1. The summed E-state index contributed by atoms with van der Waals surface area (Å²) >= 11 is 2.04. The summed E-state index contributed by atoms with van der Waals surface area (Å²) in [6, 6.07) is 9.16. The average Bonchev–Trinajstić information content (AvgIpc) is 3.18. The van der Waals surface area contributed by atoms with Gasteiger partial charge in [0.15, 0.2) is 0 Å². The van der Waals surface area contributed by atoms with Crippen molar-refractivity contribution >= 4 is 11.8 Å². The quantitative estimate of drug-likeness (QED) is 0.861. The number of hydrogen-bond acceptors (Lipinski definition) is 3. The van der Waals surface area contributed by atoms with Crippen LogP contribution in [0.15, 0.2) is 24.3 Å². The van der Waals surface area contributed by atoms with Gasteiger partial charge in [-0.3, -0.25) is 0 Å². The molecular weight excluding hydrogens is 254 g/mol. The third-order valence-corrected chi connectivity index (χ3v) is 6.09. The first-order valence-electron chi connectivity index (χ1n) is 7.18. The van der Waals surface area contributed by atoms with E-state index in [4.69, 9.17) is 4.74 Å². The van der Waals surface area contributed by atoms with E-state index in [1.807, 2.05) is 17.8 Å². The van der Waals surface area contributed by atoms with Gasteiger partial charge in [0.05, 0.1) is 7.11 Å². The summed E-state index contributed by atoms with van der Waals surface area (Å²) in [6.07, 6.45) is 7.54. The van der Waals surface area contributed by atoms with Gasteiger partial charge in [0, 0.05) is 17.3 Å². The number of rotatable bonds is 6. The molecule has 0 aliphatic heterocycles. The highest BCUT2D eigenvalue weighted by Gasteiger charge is 2.43. The minimum absolute atomic E-state index is 0.579. The van der Waals surface area contributed by atoms with Crippen molar-refractivity contribution < 1.29 is 4.74 Å². The van der Waals surface area contributed by atoms with Crippen LogP contribution in [0.5, 0.6) is 5.75 Å². The molecule has 0 unspecified atom stereocenters. The van der Waals surface area contributed by atoms with Crippen molar-refractivity contribution in [1.82, 2.24) is 5.32 Å². The van der Waals surface area contributed by atoms with Gasteiger partial charge in [0.25, 0.3) is 0 Å². The molecule has 2 aliphatic rings. The van der Waals surface area contributed by atoms with Crippen LogP contribution in [0.2, 0.25) is 0 Å². The zero-order valence-corrected chi connectivity index (χ0v) is 12.6. The van der Waals surface area contributed by atoms with Crippen molar-refractivity contribution in [2.24, 2.45) is 0 Å². The van der Waals surface area contributed by atoms with Crippen molar-refractivity contribution in [3.63, 3.8) is 0 Å². The molecule has 0 amide bonds. The maximum atomic E-state index is 5.46. The predicted molar refractivity (Wildman–Crippen MR) is 82.2 cm³/mol. The van der Waals surface area contributed by atoms with Gasteiger partial charge in [-0.1, -0.05) is 18.2 Å². The Hall–Kier alpha value is -0.670. The molecule has 2 nitrogen and oxygen atoms in total. The number of thioether (sulfide) groups is 1. The van der Waals surface area contributed by atoms with Crippen molar-refractivity contribution in [2.75, 3.05) is 19.9 Å². The van der Waals surface area contributed by atoms with Crippen LogP contribution in [0.3, 0.4) is 0 Å². The molecule has 2 saturated carbocycles. The first kappa shape index (κ1) is 13.3. The van der Waals surface area contributed by atoms with Gasteiger partial charge in [-0.15, -0.1) is 0 Å². The number of hydrogen-bond donors (Lipinski definition) is 1. The first-order valence-corrected chi connectivity index (χ1v) is 8.40. The molecule has 1 aromatic rings. The number of ether oxygens (including phenoxy) is 1. The summed E-state index contributed by atoms with van der Waals surface area (Å²) in [5.41, 5.74) is 1.38. The van der Waals surface area contributed by atoms with E-state index in [2.05, 4.69) is 29.8 Å². The summed E-state index contributed by atoms with van der Waals surface area (Å²) in [4.78, 5) is 0. The average molecular weight is 277 g/mol. The van der Waals surface area contributed by atoms with Crippen molar-refractivity contribution in [2.45, 2.75) is 42.4 Å². The first-order chi connectivity index (χ1) is 9.26. The Balaban J connectivity index is 1.49. The van der Waals surface area contributed by atoms with Crippen LogP contribution >= 0.6 is 11.8 Å². The molecule has 1 N–H and O–H groups in total. The number of benzene rings is 1. The maximum Gasteiger partial charge on any atom is 0.122 e. The Labute approximate surface area is 120 Å². The molecule has 3 heteroatoms. The summed E-state index contributed by atoms with van der Waals surface area (Å²) in [5, 5.41) is 3.75. The van der Waals surface area contributed by atoms with Crippen molar-refractivity contribution in [3.8, 4) is 5.75 Å².